The second-order valence-electron chi connectivity index (χ2n) is 24.2. The summed E-state index contributed by atoms with van der Waals surface area (Å²) in [6.07, 6.45) is 0.0252. The Morgan fingerprint density at radius 2 is 0.606 bits per heavy atom. The zero-order valence-corrected chi connectivity index (χ0v) is 57.2. The van der Waals surface area contributed by atoms with Crippen LogP contribution in [0.2, 0.25) is 0 Å². The fraction of sp³-hybridized carbons (Fsp3) is 0.439. The molecule has 0 aromatic heterocycles. The maximum Gasteiger partial charge on any atom is 0.325 e. The van der Waals surface area contributed by atoms with Crippen molar-refractivity contribution in [3.8, 4) is 0 Å². The third kappa shape index (κ3) is 23.8. The number of carboxylic acids is 1. The molecule has 0 fully saturated rings. The van der Waals surface area contributed by atoms with E-state index in [0.717, 1.165) is 21.2 Å². The molecule has 10 atom stereocenters. The fourth-order valence-corrected chi connectivity index (χ4v) is 13.9. The minimum absolute atomic E-state index is 0.00256. The Bertz CT molecular complexity index is 3250. The Balaban J connectivity index is 1.54. The van der Waals surface area contributed by atoms with Gasteiger partial charge in [-0.25, -0.2) is 0 Å². The van der Waals surface area contributed by atoms with Gasteiger partial charge in [-0.3, -0.25) is 62.3 Å². The highest BCUT2D eigenvalue weighted by Gasteiger charge is 2.38. The smallest absolute Gasteiger partial charge is 0.325 e. The number of carboxylic acid groups (broad SMARTS) is 1. The lowest BCUT2D eigenvalue weighted by molar-refractivity contribution is -0.142. The average molecular weight is 1340 g/mol. The van der Waals surface area contributed by atoms with E-state index in [0.29, 0.717) is 0 Å². The van der Waals surface area contributed by atoms with Crippen molar-refractivity contribution < 1.29 is 67.4 Å². The van der Waals surface area contributed by atoms with E-state index in [1.807, 2.05) is 121 Å². The summed E-state index contributed by atoms with van der Waals surface area (Å²) in [6.45, 7) is 19.6. The Hall–Kier alpha value is -9.15. The van der Waals surface area contributed by atoms with Crippen LogP contribution in [0.5, 0.6) is 0 Å². The van der Waals surface area contributed by atoms with E-state index in [1.165, 1.54) is 83.1 Å². The van der Waals surface area contributed by atoms with Crippen LogP contribution in [0.1, 0.15) is 96.9 Å². The third-order valence-electron chi connectivity index (χ3n) is 14.8. The Morgan fingerprint density at radius 3 is 0.926 bits per heavy atom. The number of benzene rings is 4. The first kappa shape index (κ1) is 77.3. The number of nitrogens with one attached hydrogen (secondary N) is 12. The summed E-state index contributed by atoms with van der Waals surface area (Å²) in [7, 11) is -2.76. The van der Waals surface area contributed by atoms with Gasteiger partial charge in [-0.2, -0.15) is 0 Å². The molecular weight excluding hydrogens is 1250 g/mol. The largest absolute Gasteiger partial charge is 0.480 e. The molecule has 12 amide bonds. The van der Waals surface area contributed by atoms with Crippen LogP contribution < -0.4 is 85.0 Å². The molecule has 0 spiro atoms. The summed E-state index contributed by atoms with van der Waals surface area (Å²) >= 11 is 0. The molecule has 508 valence electrons. The number of amides is 12. The highest BCUT2D eigenvalue weighted by Crippen LogP contribution is 2.36. The first-order chi connectivity index (χ1) is 44.0. The van der Waals surface area contributed by atoms with Gasteiger partial charge in [0.2, 0.25) is 70.9 Å². The minimum atomic E-state index is -1.60. The Morgan fingerprint density at radius 1 is 0.340 bits per heavy atom. The van der Waals surface area contributed by atoms with Gasteiger partial charge in [0.15, 0.2) is 0 Å². The Labute approximate surface area is 550 Å². The normalized spacial score (nSPS) is 14.6. The van der Waals surface area contributed by atoms with Crippen molar-refractivity contribution in [2.75, 3.05) is 12.3 Å². The van der Waals surface area contributed by atoms with Gasteiger partial charge >= 0.3 is 5.97 Å². The predicted octanol–water partition coefficient (Wildman–Crippen LogP) is -0.210. The molecule has 0 aliphatic rings. The maximum atomic E-state index is 14.6. The summed E-state index contributed by atoms with van der Waals surface area (Å²) in [5.41, 5.74) is -3.17. The number of hydrogen-bond acceptors (Lipinski definition) is 13. The molecule has 4 aromatic rings. The fourth-order valence-electron chi connectivity index (χ4n) is 9.04. The van der Waals surface area contributed by atoms with Crippen LogP contribution in [0.3, 0.4) is 0 Å². The molecule has 28 heteroatoms. The van der Waals surface area contributed by atoms with Crippen molar-refractivity contribution in [2.24, 2.45) is 5.92 Å². The van der Waals surface area contributed by atoms with Gasteiger partial charge in [0, 0.05) is 19.2 Å². The van der Waals surface area contributed by atoms with Crippen LogP contribution in [0.25, 0.3) is 0 Å². The van der Waals surface area contributed by atoms with Crippen LogP contribution >= 0.6 is 15.8 Å². The van der Waals surface area contributed by atoms with Crippen LogP contribution in [0, 0.1) is 5.92 Å². The summed E-state index contributed by atoms with van der Waals surface area (Å²) in [5.74, 6) is -11.0. The van der Waals surface area contributed by atoms with Crippen LogP contribution in [-0.4, -0.2) is 166 Å². The third-order valence-corrected chi connectivity index (χ3v) is 19.9. The molecule has 0 bridgehead atoms. The summed E-state index contributed by atoms with van der Waals surface area (Å²) < 4.78 is 0. The van der Waals surface area contributed by atoms with E-state index in [1.54, 1.807) is 13.8 Å². The van der Waals surface area contributed by atoms with E-state index in [-0.39, 0.29) is 12.3 Å². The number of carbonyl (C=O) groups excluding carboxylic acids is 12. The molecular formula is C66H90N12O14P2. The van der Waals surface area contributed by atoms with Gasteiger partial charge in [0.05, 0.1) is 0 Å². The second-order valence-corrected chi connectivity index (χ2v) is 28.7. The number of rotatable bonds is 33. The van der Waals surface area contributed by atoms with Gasteiger partial charge in [-0.15, -0.1) is 0 Å². The molecule has 0 saturated carbocycles. The summed E-state index contributed by atoms with van der Waals surface area (Å²) in [6, 6.07) is 24.4. The molecule has 4 rings (SSSR count). The lowest BCUT2D eigenvalue weighted by Crippen LogP contribution is -2.62. The number of hydrogen-bond donors (Lipinski definition) is 13. The standard InChI is InChI=1S/C66H90N12O14P2/c1-37(2)52(61(88)75-51(36-94(48-31-23-17-24-32-48)49-33-25-18-26-34-49)60(87)71-39(4)54(81)69-43(8)58(85)78-66(13,14)64(92)73-44(9)62(89)90)76-56(83)40(5)68-53(80)38(3)70-59(86)50(35-93(46-27-19-15-20-28-46)47-29-21-16-22-30-47)74-55(82)41(6)72-63(91)65(11,12)77-57(84)42(7)67-45(10)79/h15-34,37-44,50-52H,35-36H2,1-14H3,(H,67,79)(H,68,80)(H,69,81)(H,70,86)(H,71,87)(H,72,91)(H,73,92)(H,74,82)(H,75,88)(H,76,83)(H,77,84)(H,78,85)(H,89,90)/t38-,39-,40-,41-,42-,43-,44-,50-,51-,52-/m0/s1. The van der Waals surface area contributed by atoms with Crippen molar-refractivity contribution in [1.82, 2.24) is 63.8 Å². The topological polar surface area (TPSA) is 386 Å². The van der Waals surface area contributed by atoms with E-state index in [9.17, 15) is 67.4 Å². The molecule has 0 heterocycles. The monoisotopic (exact) mass is 1340 g/mol. The maximum absolute atomic E-state index is 14.6. The molecule has 26 nitrogen and oxygen atoms in total. The molecule has 0 unspecified atom stereocenters. The van der Waals surface area contributed by atoms with Crippen molar-refractivity contribution in [3.05, 3.63) is 121 Å². The highest BCUT2D eigenvalue weighted by molar-refractivity contribution is 7.73. The quantitative estimate of drug-likeness (QED) is 0.0275. The summed E-state index contributed by atoms with van der Waals surface area (Å²) in [4.78, 5) is 175. The lowest BCUT2D eigenvalue weighted by Gasteiger charge is -2.30. The zero-order chi connectivity index (χ0) is 70.4. The van der Waals surface area contributed by atoms with E-state index in [4.69, 9.17) is 0 Å². The molecule has 0 saturated heterocycles. The minimum Gasteiger partial charge on any atom is -0.480 e. The molecule has 13 N–H and O–H groups in total. The molecule has 0 radical (unpaired) electrons. The summed E-state index contributed by atoms with van der Waals surface area (Å²) in [5, 5.41) is 43.7. The zero-order valence-electron chi connectivity index (χ0n) is 55.5. The number of carbonyl (C=O) groups is 13. The Kier molecular flexibility index (Phi) is 29.4. The van der Waals surface area contributed by atoms with E-state index >= 15 is 0 Å². The first-order valence-electron chi connectivity index (χ1n) is 30.7. The molecule has 0 aliphatic carbocycles. The van der Waals surface area contributed by atoms with Gasteiger partial charge in [-0.1, -0.05) is 135 Å². The molecule has 0 aliphatic heterocycles. The highest BCUT2D eigenvalue weighted by atomic mass is 31.1. The van der Waals surface area contributed by atoms with Crippen molar-refractivity contribution in [2.45, 2.75) is 168 Å². The SMILES string of the molecule is CC(=O)N[C@@H](C)C(=O)NC(C)(C)C(=O)N[C@@H](C)C(=O)N[C@@H](CP(c1ccccc1)c1ccccc1)C(=O)N[C@@H](C)C(=O)N[C@@H](C)C(=O)N[C@H](C(=O)N[C@@H](CP(c1ccccc1)c1ccccc1)C(=O)N[C@@H](C)C(=O)N[C@@H](C)C(=O)NC(C)(C)C(=O)N[C@@H](C)C(=O)O)C(C)C. The van der Waals surface area contributed by atoms with E-state index < -0.39 is 170 Å². The second kappa shape index (κ2) is 35.8. The first-order valence-corrected chi connectivity index (χ1v) is 33.7. The van der Waals surface area contributed by atoms with E-state index in [2.05, 4.69) is 63.8 Å². The van der Waals surface area contributed by atoms with Gasteiger partial charge in [0.25, 0.3) is 0 Å². The van der Waals surface area contributed by atoms with Crippen molar-refractivity contribution in [3.63, 3.8) is 0 Å². The van der Waals surface area contributed by atoms with Crippen LogP contribution in [-0.2, 0) is 62.3 Å². The number of aliphatic carboxylic acids is 1. The van der Waals surface area contributed by atoms with Crippen molar-refractivity contribution >= 4 is 114 Å². The van der Waals surface area contributed by atoms with Crippen molar-refractivity contribution in [1.29, 1.82) is 0 Å². The van der Waals surface area contributed by atoms with Crippen LogP contribution in [0.15, 0.2) is 121 Å². The van der Waals surface area contributed by atoms with Crippen LogP contribution in [0.4, 0.5) is 0 Å². The molecule has 4 aromatic carbocycles. The van der Waals surface area contributed by atoms with Gasteiger partial charge < -0.3 is 68.9 Å². The van der Waals surface area contributed by atoms with Gasteiger partial charge in [0.1, 0.15) is 71.5 Å². The molecule has 94 heavy (non-hydrogen) atoms. The van der Waals surface area contributed by atoms with Gasteiger partial charge in [-0.05, 0) is 119 Å². The lowest BCUT2D eigenvalue weighted by atomic mass is 10.0. The predicted molar refractivity (Wildman–Crippen MR) is 359 cm³/mol. The average Bonchev–Trinajstić information content (AvgIpc) is 0.852.